The molecule has 1 amide bonds. The molecule has 5 heteroatoms. The smallest absolute Gasteiger partial charge is 0.256 e. The van der Waals surface area contributed by atoms with E-state index in [2.05, 4.69) is 10.3 Å². The summed E-state index contributed by atoms with van der Waals surface area (Å²) in [7, 11) is 0. The molecule has 22 heavy (non-hydrogen) atoms. The first kappa shape index (κ1) is 14.5. The van der Waals surface area contributed by atoms with Gasteiger partial charge in [-0.3, -0.25) is 9.78 Å². The Kier molecular flexibility index (Phi) is 3.77. The fourth-order valence-electron chi connectivity index (χ4n) is 2.28. The van der Waals surface area contributed by atoms with Crippen molar-refractivity contribution < 1.29 is 9.18 Å². The third-order valence-electron chi connectivity index (χ3n) is 3.27. The first-order valence-corrected chi connectivity index (χ1v) is 7.05. The van der Waals surface area contributed by atoms with E-state index in [9.17, 15) is 9.18 Å². The highest BCUT2D eigenvalue weighted by atomic mass is 35.5. The number of anilines is 1. The number of fused-ring (bicyclic) bond motifs is 1. The summed E-state index contributed by atoms with van der Waals surface area (Å²) in [4.78, 5) is 16.9. The maximum absolute atomic E-state index is 13.8. The van der Waals surface area contributed by atoms with Crippen LogP contribution in [0, 0.1) is 12.7 Å². The number of benzene rings is 2. The van der Waals surface area contributed by atoms with Gasteiger partial charge in [-0.2, -0.15) is 0 Å². The average molecular weight is 315 g/mol. The van der Waals surface area contributed by atoms with Gasteiger partial charge in [0.1, 0.15) is 5.82 Å². The molecule has 2 aromatic carbocycles. The third kappa shape index (κ3) is 2.78. The number of carbonyl (C=O) groups excluding carboxylic acids is 1. The summed E-state index contributed by atoms with van der Waals surface area (Å²) < 4.78 is 13.8. The van der Waals surface area contributed by atoms with Crippen molar-refractivity contribution in [1.82, 2.24) is 4.98 Å². The van der Waals surface area contributed by atoms with Crippen molar-refractivity contribution in [3.63, 3.8) is 0 Å². The van der Waals surface area contributed by atoms with Crippen LogP contribution in [0.3, 0.4) is 0 Å². The van der Waals surface area contributed by atoms with Crippen LogP contribution < -0.4 is 5.32 Å². The molecule has 0 atom stereocenters. The molecule has 1 N–H and O–H groups in total. The summed E-state index contributed by atoms with van der Waals surface area (Å²) in [5.74, 6) is -0.935. The van der Waals surface area contributed by atoms with Crippen molar-refractivity contribution in [2.75, 3.05) is 5.32 Å². The maximum atomic E-state index is 13.8. The molecule has 0 aliphatic rings. The van der Waals surface area contributed by atoms with Crippen LogP contribution >= 0.6 is 11.6 Å². The highest BCUT2D eigenvalue weighted by Crippen LogP contribution is 2.23. The lowest BCUT2D eigenvalue weighted by atomic mass is 10.1. The molecule has 1 aromatic heterocycles. The zero-order chi connectivity index (χ0) is 15.7. The fourth-order valence-corrected chi connectivity index (χ4v) is 2.45. The molecule has 0 fully saturated rings. The van der Waals surface area contributed by atoms with E-state index in [1.807, 2.05) is 31.2 Å². The van der Waals surface area contributed by atoms with Crippen molar-refractivity contribution >= 4 is 34.1 Å². The van der Waals surface area contributed by atoms with Gasteiger partial charge in [-0.15, -0.1) is 0 Å². The molecule has 3 aromatic rings. The summed E-state index contributed by atoms with van der Waals surface area (Å²) in [5.41, 5.74) is 1.94. The van der Waals surface area contributed by atoms with E-state index in [0.717, 1.165) is 11.2 Å². The van der Waals surface area contributed by atoms with Crippen LogP contribution in [0.4, 0.5) is 10.1 Å². The van der Waals surface area contributed by atoms with Gasteiger partial charge in [0.25, 0.3) is 5.91 Å². The second kappa shape index (κ2) is 5.73. The molecule has 0 aliphatic carbocycles. The SMILES string of the molecule is Cc1cc(C(=O)Nc2cc(Cl)ccc2F)c2ccccc2n1. The lowest BCUT2D eigenvalue weighted by molar-refractivity contribution is 0.102. The zero-order valence-corrected chi connectivity index (χ0v) is 12.5. The average Bonchev–Trinajstić information content (AvgIpc) is 2.50. The summed E-state index contributed by atoms with van der Waals surface area (Å²) in [5, 5.41) is 3.63. The molecule has 0 spiro atoms. The molecule has 0 saturated carbocycles. The number of aromatic nitrogens is 1. The standard InChI is InChI=1S/C17H12ClFN2O/c1-10-8-13(12-4-2-3-5-15(12)20-10)17(22)21-16-9-11(18)6-7-14(16)19/h2-9H,1H3,(H,21,22). The summed E-state index contributed by atoms with van der Waals surface area (Å²) in [6.45, 7) is 1.81. The molecule has 110 valence electrons. The van der Waals surface area contributed by atoms with E-state index >= 15 is 0 Å². The maximum Gasteiger partial charge on any atom is 0.256 e. The van der Waals surface area contributed by atoms with Crippen molar-refractivity contribution in [3.8, 4) is 0 Å². The Bertz CT molecular complexity index is 880. The molecule has 1 heterocycles. The van der Waals surface area contributed by atoms with E-state index in [-0.39, 0.29) is 5.69 Å². The molecule has 0 aliphatic heterocycles. The van der Waals surface area contributed by atoms with Crippen LogP contribution in [-0.2, 0) is 0 Å². The molecule has 0 saturated heterocycles. The minimum absolute atomic E-state index is 0.0519. The van der Waals surface area contributed by atoms with Crippen LogP contribution in [0.1, 0.15) is 16.1 Å². The lowest BCUT2D eigenvalue weighted by Crippen LogP contribution is -2.14. The Morgan fingerprint density at radius 1 is 1.18 bits per heavy atom. The number of nitrogens with one attached hydrogen (secondary N) is 1. The molecule has 3 rings (SSSR count). The van der Waals surface area contributed by atoms with Crippen LogP contribution in [0.2, 0.25) is 5.02 Å². The number of para-hydroxylation sites is 1. The van der Waals surface area contributed by atoms with Crippen molar-refractivity contribution in [2.24, 2.45) is 0 Å². The van der Waals surface area contributed by atoms with E-state index in [1.165, 1.54) is 18.2 Å². The van der Waals surface area contributed by atoms with Gasteiger partial charge in [0, 0.05) is 16.1 Å². The van der Waals surface area contributed by atoms with Gasteiger partial charge in [0.05, 0.1) is 16.8 Å². The summed E-state index contributed by atoms with van der Waals surface area (Å²) in [6.07, 6.45) is 0. The predicted octanol–water partition coefficient (Wildman–Crippen LogP) is 4.59. The van der Waals surface area contributed by atoms with E-state index in [0.29, 0.717) is 16.0 Å². The molecule has 0 radical (unpaired) electrons. The molecule has 0 unspecified atom stereocenters. The number of aryl methyl sites for hydroxylation is 1. The fraction of sp³-hybridized carbons (Fsp3) is 0.0588. The first-order valence-electron chi connectivity index (χ1n) is 6.67. The quantitative estimate of drug-likeness (QED) is 0.751. The molecule has 0 bridgehead atoms. The lowest BCUT2D eigenvalue weighted by Gasteiger charge is -2.10. The van der Waals surface area contributed by atoms with Crippen molar-refractivity contribution in [2.45, 2.75) is 6.92 Å². The van der Waals surface area contributed by atoms with Crippen LogP contribution in [0.5, 0.6) is 0 Å². The highest BCUT2D eigenvalue weighted by Gasteiger charge is 2.14. The second-order valence-corrected chi connectivity index (χ2v) is 5.34. The van der Waals surface area contributed by atoms with E-state index in [1.54, 1.807) is 6.07 Å². The number of pyridine rings is 1. The predicted molar refractivity (Wildman–Crippen MR) is 85.8 cm³/mol. The van der Waals surface area contributed by atoms with Gasteiger partial charge >= 0.3 is 0 Å². The van der Waals surface area contributed by atoms with Gasteiger partial charge in [-0.1, -0.05) is 29.8 Å². The Hall–Kier alpha value is -2.46. The highest BCUT2D eigenvalue weighted by molar-refractivity contribution is 6.31. The Morgan fingerprint density at radius 2 is 1.95 bits per heavy atom. The number of carbonyl (C=O) groups is 1. The largest absolute Gasteiger partial charge is 0.319 e. The number of halogens is 2. The molecule has 3 nitrogen and oxygen atoms in total. The van der Waals surface area contributed by atoms with Crippen molar-refractivity contribution in [3.05, 3.63) is 70.6 Å². The van der Waals surface area contributed by atoms with E-state index < -0.39 is 11.7 Å². The normalized spacial score (nSPS) is 10.7. The van der Waals surface area contributed by atoms with Gasteiger partial charge in [0.15, 0.2) is 0 Å². The van der Waals surface area contributed by atoms with Gasteiger partial charge < -0.3 is 5.32 Å². The third-order valence-corrected chi connectivity index (χ3v) is 3.50. The molecular formula is C17H12ClFN2O. The van der Waals surface area contributed by atoms with Crippen LogP contribution in [0.25, 0.3) is 10.9 Å². The van der Waals surface area contributed by atoms with Crippen molar-refractivity contribution in [1.29, 1.82) is 0 Å². The van der Waals surface area contributed by atoms with Gasteiger partial charge in [0.2, 0.25) is 0 Å². The van der Waals surface area contributed by atoms with Crippen LogP contribution in [0.15, 0.2) is 48.5 Å². The topological polar surface area (TPSA) is 42.0 Å². The summed E-state index contributed by atoms with van der Waals surface area (Å²) >= 11 is 5.84. The number of hydrogen-bond donors (Lipinski definition) is 1. The number of hydrogen-bond acceptors (Lipinski definition) is 2. The number of amides is 1. The number of nitrogens with zero attached hydrogens (tertiary/aromatic N) is 1. The van der Waals surface area contributed by atoms with Gasteiger partial charge in [-0.05, 0) is 37.3 Å². The first-order chi connectivity index (χ1) is 10.5. The Morgan fingerprint density at radius 3 is 2.77 bits per heavy atom. The zero-order valence-electron chi connectivity index (χ0n) is 11.7. The van der Waals surface area contributed by atoms with E-state index in [4.69, 9.17) is 11.6 Å². The van der Waals surface area contributed by atoms with Crippen LogP contribution in [-0.4, -0.2) is 10.9 Å². The Labute approximate surface area is 131 Å². The minimum atomic E-state index is -0.534. The Balaban J connectivity index is 2.04. The second-order valence-electron chi connectivity index (χ2n) is 4.91. The summed E-state index contributed by atoms with van der Waals surface area (Å²) in [6, 6.07) is 13.0. The van der Waals surface area contributed by atoms with Gasteiger partial charge in [-0.25, -0.2) is 4.39 Å². The minimum Gasteiger partial charge on any atom is -0.319 e. The molecular weight excluding hydrogens is 303 g/mol. The monoisotopic (exact) mass is 314 g/mol. The number of rotatable bonds is 2.